The third-order valence-electron chi connectivity index (χ3n) is 2.09. The van der Waals surface area contributed by atoms with Crippen LogP contribution >= 0.6 is 0 Å². The molecule has 0 heterocycles. The molecule has 74 valence electrons. The average Bonchev–Trinajstić information content (AvgIpc) is 2.18. The van der Waals surface area contributed by atoms with E-state index >= 15 is 0 Å². The highest BCUT2D eigenvalue weighted by atomic mass is 16.6. The molecule has 0 radical (unpaired) electrons. The lowest BCUT2D eigenvalue weighted by molar-refractivity contribution is -0.402. The molecule has 3 nitrogen and oxygen atoms in total. The van der Waals surface area contributed by atoms with E-state index < -0.39 is 4.92 Å². The van der Waals surface area contributed by atoms with E-state index in [0.717, 1.165) is 6.20 Å². The molecule has 1 rings (SSSR count). The molecule has 0 amide bonds. The molecule has 1 unspecified atom stereocenters. The van der Waals surface area contributed by atoms with Crippen molar-refractivity contribution in [3.8, 4) is 0 Å². The van der Waals surface area contributed by atoms with Gasteiger partial charge in [-0.25, -0.2) is 0 Å². The second kappa shape index (κ2) is 5.17. The molecule has 0 aliphatic carbocycles. The molecule has 0 fully saturated rings. The van der Waals surface area contributed by atoms with E-state index in [-0.39, 0.29) is 0 Å². The lowest BCUT2D eigenvalue weighted by Gasteiger charge is -2.07. The van der Waals surface area contributed by atoms with Crippen LogP contribution in [0.2, 0.25) is 0 Å². The van der Waals surface area contributed by atoms with Crippen molar-refractivity contribution in [1.29, 1.82) is 0 Å². The SMILES string of the molecule is CC(C/C=C/[N+](=O)[O-])c1ccccc1. The van der Waals surface area contributed by atoms with Crippen LogP contribution in [0.3, 0.4) is 0 Å². The third-order valence-corrected chi connectivity index (χ3v) is 2.09. The Bertz CT molecular complexity index is 319. The van der Waals surface area contributed by atoms with Gasteiger partial charge in [0, 0.05) is 0 Å². The predicted molar refractivity (Wildman–Crippen MR) is 55.6 cm³/mol. The van der Waals surface area contributed by atoms with E-state index in [1.54, 1.807) is 6.08 Å². The fourth-order valence-electron chi connectivity index (χ4n) is 1.27. The van der Waals surface area contributed by atoms with Crippen molar-refractivity contribution < 1.29 is 4.92 Å². The largest absolute Gasteiger partial charge is 0.259 e. The second-order valence-electron chi connectivity index (χ2n) is 3.22. The van der Waals surface area contributed by atoms with Crippen molar-refractivity contribution in [2.45, 2.75) is 19.3 Å². The van der Waals surface area contributed by atoms with Crippen LogP contribution in [0.4, 0.5) is 0 Å². The smallest absolute Gasteiger partial charge is 0.230 e. The Kier molecular flexibility index (Phi) is 3.85. The van der Waals surface area contributed by atoms with Crippen molar-refractivity contribution in [3.05, 3.63) is 58.3 Å². The summed E-state index contributed by atoms with van der Waals surface area (Å²) in [7, 11) is 0. The minimum Gasteiger partial charge on any atom is -0.259 e. The number of rotatable bonds is 4. The zero-order chi connectivity index (χ0) is 10.4. The number of hydrogen-bond acceptors (Lipinski definition) is 2. The number of nitrogens with zero attached hydrogens (tertiary/aromatic N) is 1. The van der Waals surface area contributed by atoms with Gasteiger partial charge in [-0.2, -0.15) is 0 Å². The molecule has 3 heteroatoms. The van der Waals surface area contributed by atoms with Crippen molar-refractivity contribution in [2.75, 3.05) is 0 Å². The Morgan fingerprint density at radius 2 is 2.07 bits per heavy atom. The fraction of sp³-hybridized carbons (Fsp3) is 0.273. The molecule has 0 bridgehead atoms. The molecule has 0 aromatic heterocycles. The number of hydrogen-bond donors (Lipinski definition) is 0. The molecule has 0 aliphatic rings. The first-order valence-electron chi connectivity index (χ1n) is 4.55. The average molecular weight is 191 g/mol. The topological polar surface area (TPSA) is 43.1 Å². The highest BCUT2D eigenvalue weighted by Crippen LogP contribution is 2.18. The summed E-state index contributed by atoms with van der Waals surface area (Å²) in [5.41, 5.74) is 1.21. The van der Waals surface area contributed by atoms with Gasteiger partial charge in [0.1, 0.15) is 0 Å². The maximum atomic E-state index is 10.0. The zero-order valence-electron chi connectivity index (χ0n) is 8.09. The molecule has 0 saturated heterocycles. The lowest BCUT2D eigenvalue weighted by atomic mass is 9.98. The summed E-state index contributed by atoms with van der Waals surface area (Å²) in [6.07, 6.45) is 3.29. The number of benzene rings is 1. The summed E-state index contributed by atoms with van der Waals surface area (Å²) >= 11 is 0. The van der Waals surface area contributed by atoms with E-state index in [2.05, 4.69) is 6.92 Å². The first kappa shape index (κ1) is 10.4. The van der Waals surface area contributed by atoms with Crippen LogP contribution in [0.5, 0.6) is 0 Å². The molecule has 0 spiro atoms. The minimum atomic E-state index is -0.433. The van der Waals surface area contributed by atoms with E-state index in [1.807, 2.05) is 30.3 Å². The highest BCUT2D eigenvalue weighted by Gasteiger charge is 2.02. The third kappa shape index (κ3) is 3.39. The Balaban J connectivity index is 2.51. The van der Waals surface area contributed by atoms with Gasteiger partial charge in [0.15, 0.2) is 0 Å². The first-order chi connectivity index (χ1) is 6.70. The summed E-state index contributed by atoms with van der Waals surface area (Å²) in [4.78, 5) is 9.60. The Labute approximate surface area is 83.2 Å². The fourth-order valence-corrected chi connectivity index (χ4v) is 1.27. The van der Waals surface area contributed by atoms with Crippen LogP contribution in [0.1, 0.15) is 24.8 Å². The highest BCUT2D eigenvalue weighted by molar-refractivity contribution is 5.19. The summed E-state index contributed by atoms with van der Waals surface area (Å²) in [5.74, 6) is 0.326. The summed E-state index contributed by atoms with van der Waals surface area (Å²) in [6, 6.07) is 9.98. The van der Waals surface area contributed by atoms with Crippen LogP contribution in [0, 0.1) is 10.1 Å². The summed E-state index contributed by atoms with van der Waals surface area (Å²) in [6.45, 7) is 2.06. The van der Waals surface area contributed by atoms with Gasteiger partial charge >= 0.3 is 0 Å². The van der Waals surface area contributed by atoms with Crippen molar-refractivity contribution in [2.24, 2.45) is 0 Å². The number of nitro groups is 1. The molecule has 1 aromatic rings. The van der Waals surface area contributed by atoms with Crippen LogP contribution < -0.4 is 0 Å². The van der Waals surface area contributed by atoms with E-state index in [0.29, 0.717) is 12.3 Å². The van der Waals surface area contributed by atoms with Crippen LogP contribution in [-0.4, -0.2) is 4.92 Å². The first-order valence-corrected chi connectivity index (χ1v) is 4.55. The van der Waals surface area contributed by atoms with Gasteiger partial charge in [-0.05, 0) is 24.0 Å². The van der Waals surface area contributed by atoms with E-state index in [1.165, 1.54) is 5.56 Å². The second-order valence-corrected chi connectivity index (χ2v) is 3.22. The molecule has 0 N–H and O–H groups in total. The molecular weight excluding hydrogens is 178 g/mol. The number of allylic oxidation sites excluding steroid dienone is 1. The van der Waals surface area contributed by atoms with Gasteiger partial charge in [-0.3, -0.25) is 10.1 Å². The Morgan fingerprint density at radius 1 is 1.43 bits per heavy atom. The van der Waals surface area contributed by atoms with Crippen LogP contribution in [0.15, 0.2) is 42.6 Å². The van der Waals surface area contributed by atoms with Gasteiger partial charge in [-0.15, -0.1) is 0 Å². The van der Waals surface area contributed by atoms with Gasteiger partial charge in [-0.1, -0.05) is 37.3 Å². The predicted octanol–water partition coefficient (Wildman–Crippen LogP) is 2.97. The molecule has 0 saturated carbocycles. The minimum absolute atomic E-state index is 0.326. The maximum Gasteiger partial charge on any atom is 0.230 e. The van der Waals surface area contributed by atoms with E-state index in [9.17, 15) is 10.1 Å². The van der Waals surface area contributed by atoms with Gasteiger partial charge in [0.05, 0.1) is 4.92 Å². The Morgan fingerprint density at radius 3 is 2.64 bits per heavy atom. The van der Waals surface area contributed by atoms with Crippen molar-refractivity contribution in [1.82, 2.24) is 0 Å². The van der Waals surface area contributed by atoms with Crippen LogP contribution in [0.25, 0.3) is 0 Å². The monoisotopic (exact) mass is 191 g/mol. The standard InChI is InChI=1S/C11H13NO2/c1-10(6-5-9-12(13)14)11-7-3-2-4-8-11/h2-5,7-10H,6H2,1H3/b9-5+. The van der Waals surface area contributed by atoms with Gasteiger partial charge in [0.25, 0.3) is 0 Å². The molecular formula is C11H13NO2. The van der Waals surface area contributed by atoms with Crippen molar-refractivity contribution >= 4 is 0 Å². The zero-order valence-corrected chi connectivity index (χ0v) is 8.09. The summed E-state index contributed by atoms with van der Waals surface area (Å²) in [5, 5.41) is 10.0. The summed E-state index contributed by atoms with van der Waals surface area (Å²) < 4.78 is 0. The quantitative estimate of drug-likeness (QED) is 0.542. The molecule has 1 aromatic carbocycles. The molecule has 1 atom stereocenters. The Hall–Kier alpha value is -1.64. The maximum absolute atomic E-state index is 10.0. The van der Waals surface area contributed by atoms with Gasteiger partial charge < -0.3 is 0 Å². The van der Waals surface area contributed by atoms with Crippen molar-refractivity contribution in [3.63, 3.8) is 0 Å². The van der Waals surface area contributed by atoms with Crippen LogP contribution in [-0.2, 0) is 0 Å². The lowest BCUT2D eigenvalue weighted by Crippen LogP contribution is -1.91. The van der Waals surface area contributed by atoms with Gasteiger partial charge in [0.2, 0.25) is 6.20 Å². The molecule has 0 aliphatic heterocycles. The molecule has 14 heavy (non-hydrogen) atoms. The van der Waals surface area contributed by atoms with E-state index in [4.69, 9.17) is 0 Å². The normalized spacial score (nSPS) is 12.9.